The number of benzene rings is 1. The number of hydrogen-bond donors (Lipinski definition) is 0. The van der Waals surface area contributed by atoms with Crippen LogP contribution in [-0.4, -0.2) is 22.4 Å². The van der Waals surface area contributed by atoms with E-state index in [2.05, 4.69) is 0 Å². The van der Waals surface area contributed by atoms with E-state index >= 15 is 0 Å². The van der Waals surface area contributed by atoms with Crippen LogP contribution in [0.15, 0.2) is 57.9 Å². The van der Waals surface area contributed by atoms with E-state index in [0.29, 0.717) is 23.6 Å². The number of furan rings is 1. The van der Waals surface area contributed by atoms with Gasteiger partial charge in [-0.2, -0.15) is 13.2 Å². The van der Waals surface area contributed by atoms with Crippen molar-refractivity contribution in [1.82, 2.24) is 9.47 Å². The number of likely N-dealkylation sites (N-methyl/N-ethyl adjacent to an activating group) is 1. The quantitative estimate of drug-likeness (QED) is 0.693. The second kappa shape index (κ2) is 6.94. The Morgan fingerprint density at radius 1 is 1.22 bits per heavy atom. The Morgan fingerprint density at radius 2 is 1.93 bits per heavy atom. The normalized spacial score (nSPS) is 12.9. The molecule has 0 aliphatic heterocycles. The molecule has 0 radical (unpaired) electrons. The lowest BCUT2D eigenvalue weighted by molar-refractivity contribution is -0.139. The highest BCUT2D eigenvalue weighted by Crippen LogP contribution is 2.29. The lowest BCUT2D eigenvalue weighted by Gasteiger charge is -2.23. The molecule has 3 rings (SSSR count). The Hall–Kier alpha value is -3.03. The van der Waals surface area contributed by atoms with Gasteiger partial charge in [-0.25, -0.2) is 0 Å². The van der Waals surface area contributed by atoms with Crippen molar-refractivity contribution in [2.75, 3.05) is 7.05 Å². The van der Waals surface area contributed by atoms with Crippen molar-refractivity contribution >= 4 is 16.9 Å². The zero-order valence-electron chi connectivity index (χ0n) is 14.7. The van der Waals surface area contributed by atoms with Crippen LogP contribution in [0.1, 0.15) is 24.3 Å². The van der Waals surface area contributed by atoms with Gasteiger partial charge in [0.1, 0.15) is 17.9 Å². The second-order valence-corrected chi connectivity index (χ2v) is 6.25. The predicted octanol–water partition coefficient (Wildman–Crippen LogP) is 3.83. The largest absolute Gasteiger partial charge is 0.459 e. The van der Waals surface area contributed by atoms with Crippen LogP contribution in [0.4, 0.5) is 13.2 Å². The average Bonchev–Trinajstić information content (AvgIpc) is 3.05. The SMILES string of the molecule is CC(c1cc2ccccc2o1)N(C)C(=O)Cn1cc(C(F)(F)F)ccc1=O. The summed E-state index contributed by atoms with van der Waals surface area (Å²) in [5.41, 5.74) is -0.988. The molecule has 0 saturated carbocycles. The molecule has 2 heterocycles. The Kier molecular flexibility index (Phi) is 4.82. The molecule has 2 aromatic heterocycles. The van der Waals surface area contributed by atoms with Crippen LogP contribution in [0.5, 0.6) is 0 Å². The highest BCUT2D eigenvalue weighted by molar-refractivity contribution is 5.79. The molecule has 0 spiro atoms. The number of halogens is 3. The van der Waals surface area contributed by atoms with Crippen molar-refractivity contribution in [3.05, 3.63) is 70.3 Å². The predicted molar refractivity (Wildman–Crippen MR) is 93.1 cm³/mol. The monoisotopic (exact) mass is 378 g/mol. The van der Waals surface area contributed by atoms with E-state index in [1.165, 1.54) is 11.9 Å². The topological polar surface area (TPSA) is 55.5 Å². The average molecular weight is 378 g/mol. The summed E-state index contributed by atoms with van der Waals surface area (Å²) in [6.45, 7) is 1.24. The van der Waals surface area contributed by atoms with E-state index in [9.17, 15) is 22.8 Å². The zero-order chi connectivity index (χ0) is 19.8. The third kappa shape index (κ3) is 3.89. The summed E-state index contributed by atoms with van der Waals surface area (Å²) in [6, 6.07) is 10.2. The number of carbonyl (C=O) groups excluding carboxylic acids is 1. The zero-order valence-corrected chi connectivity index (χ0v) is 14.7. The number of alkyl halides is 3. The molecule has 1 aromatic carbocycles. The number of hydrogen-bond acceptors (Lipinski definition) is 3. The van der Waals surface area contributed by atoms with Crippen LogP contribution >= 0.6 is 0 Å². The molecule has 142 valence electrons. The number of fused-ring (bicyclic) bond motifs is 1. The fraction of sp³-hybridized carbons (Fsp3) is 0.263. The van der Waals surface area contributed by atoms with E-state index in [4.69, 9.17) is 4.42 Å². The summed E-state index contributed by atoms with van der Waals surface area (Å²) < 4.78 is 45.0. The minimum Gasteiger partial charge on any atom is -0.459 e. The van der Waals surface area contributed by atoms with Crippen LogP contribution in [0.25, 0.3) is 11.0 Å². The van der Waals surface area contributed by atoms with Crippen LogP contribution in [-0.2, 0) is 17.5 Å². The van der Waals surface area contributed by atoms with Crippen molar-refractivity contribution in [2.24, 2.45) is 0 Å². The summed E-state index contributed by atoms with van der Waals surface area (Å²) >= 11 is 0. The molecule has 0 N–H and O–H groups in total. The third-order valence-corrected chi connectivity index (χ3v) is 4.45. The van der Waals surface area contributed by atoms with E-state index in [1.54, 1.807) is 19.1 Å². The first-order valence-corrected chi connectivity index (χ1v) is 8.18. The van der Waals surface area contributed by atoms with Gasteiger partial charge in [-0.3, -0.25) is 9.59 Å². The van der Waals surface area contributed by atoms with Crippen LogP contribution in [0.3, 0.4) is 0 Å². The number of nitrogens with zero attached hydrogens (tertiary/aromatic N) is 2. The van der Waals surface area contributed by atoms with E-state index in [0.717, 1.165) is 16.0 Å². The van der Waals surface area contributed by atoms with Crippen molar-refractivity contribution in [2.45, 2.75) is 25.7 Å². The van der Waals surface area contributed by atoms with Gasteiger partial charge in [-0.05, 0) is 25.1 Å². The van der Waals surface area contributed by atoms with Gasteiger partial charge in [0.25, 0.3) is 5.56 Å². The van der Waals surface area contributed by atoms with Crippen LogP contribution in [0.2, 0.25) is 0 Å². The van der Waals surface area contributed by atoms with Crippen LogP contribution in [0, 0.1) is 0 Å². The summed E-state index contributed by atoms with van der Waals surface area (Å²) in [7, 11) is 1.51. The van der Waals surface area contributed by atoms with E-state index in [1.807, 2.05) is 18.2 Å². The summed E-state index contributed by atoms with van der Waals surface area (Å²) in [6.07, 6.45) is -3.94. The molecule has 0 aliphatic rings. The highest BCUT2D eigenvalue weighted by atomic mass is 19.4. The smallest absolute Gasteiger partial charge is 0.417 e. The fourth-order valence-corrected chi connectivity index (χ4v) is 2.69. The summed E-state index contributed by atoms with van der Waals surface area (Å²) in [5.74, 6) is 0.0350. The van der Waals surface area contributed by atoms with Crippen molar-refractivity contribution in [3.63, 3.8) is 0 Å². The van der Waals surface area contributed by atoms with Crippen LogP contribution < -0.4 is 5.56 Å². The number of carbonyl (C=O) groups is 1. The molecule has 5 nitrogen and oxygen atoms in total. The van der Waals surface area contributed by atoms with Crippen molar-refractivity contribution in [1.29, 1.82) is 0 Å². The maximum Gasteiger partial charge on any atom is 0.417 e. The summed E-state index contributed by atoms with van der Waals surface area (Å²) in [4.78, 5) is 25.7. The minimum atomic E-state index is -4.59. The molecule has 0 fully saturated rings. The molecule has 0 aliphatic carbocycles. The van der Waals surface area contributed by atoms with Gasteiger partial charge in [0.2, 0.25) is 5.91 Å². The minimum absolute atomic E-state index is 0.452. The van der Waals surface area contributed by atoms with E-state index in [-0.39, 0.29) is 0 Å². The Balaban J connectivity index is 1.80. The van der Waals surface area contributed by atoms with Gasteiger partial charge in [0, 0.05) is 24.7 Å². The first-order chi connectivity index (χ1) is 12.7. The Bertz CT molecular complexity index is 1000. The maximum absolute atomic E-state index is 12.8. The number of aromatic nitrogens is 1. The van der Waals surface area contributed by atoms with Crippen molar-refractivity contribution in [3.8, 4) is 0 Å². The fourth-order valence-electron chi connectivity index (χ4n) is 2.69. The summed E-state index contributed by atoms with van der Waals surface area (Å²) in [5, 5.41) is 0.884. The second-order valence-electron chi connectivity index (χ2n) is 6.25. The molecule has 3 aromatic rings. The number of amides is 1. The molecule has 1 unspecified atom stereocenters. The lowest BCUT2D eigenvalue weighted by atomic mass is 10.2. The molecule has 8 heteroatoms. The van der Waals surface area contributed by atoms with Gasteiger partial charge in [0.05, 0.1) is 11.6 Å². The molecule has 1 atom stereocenters. The standard InChI is InChI=1S/C19H17F3N2O3/c1-12(16-9-13-5-3-4-6-15(13)27-16)23(2)18(26)11-24-10-14(19(20,21)22)7-8-17(24)25/h3-10,12H,11H2,1-2H3. The molecule has 1 amide bonds. The first kappa shape index (κ1) is 18.8. The van der Waals surface area contributed by atoms with Gasteiger partial charge < -0.3 is 13.9 Å². The first-order valence-electron chi connectivity index (χ1n) is 8.18. The molecular formula is C19H17F3N2O3. The molecule has 0 saturated heterocycles. The van der Waals surface area contributed by atoms with Gasteiger partial charge in [0.15, 0.2) is 0 Å². The maximum atomic E-state index is 12.8. The number of pyridine rings is 1. The number of para-hydroxylation sites is 1. The Labute approximate surface area is 152 Å². The van der Waals surface area contributed by atoms with Crippen molar-refractivity contribution < 1.29 is 22.4 Å². The number of rotatable bonds is 4. The lowest BCUT2D eigenvalue weighted by Crippen LogP contribution is -2.35. The highest BCUT2D eigenvalue weighted by Gasteiger charge is 2.31. The Morgan fingerprint density at radius 3 is 2.59 bits per heavy atom. The van der Waals surface area contributed by atoms with Gasteiger partial charge in [-0.1, -0.05) is 18.2 Å². The van der Waals surface area contributed by atoms with Gasteiger partial charge >= 0.3 is 6.18 Å². The van der Waals surface area contributed by atoms with Gasteiger partial charge in [-0.15, -0.1) is 0 Å². The van der Waals surface area contributed by atoms with E-state index < -0.39 is 35.8 Å². The molecular weight excluding hydrogens is 361 g/mol. The molecule has 27 heavy (non-hydrogen) atoms. The molecule has 0 bridgehead atoms. The third-order valence-electron chi connectivity index (χ3n) is 4.45.